The Kier molecular flexibility index (Phi) is 5.77. The fraction of sp³-hybridized carbons (Fsp3) is 0.941. The number of carboxylic acids is 1. The van der Waals surface area contributed by atoms with Crippen LogP contribution in [0.25, 0.3) is 0 Å². The molecule has 4 rings (SSSR count). The summed E-state index contributed by atoms with van der Waals surface area (Å²) in [5.74, 6) is -0.739. The molecule has 4 aliphatic rings. The van der Waals surface area contributed by atoms with Crippen LogP contribution in [0.3, 0.4) is 0 Å². The van der Waals surface area contributed by atoms with E-state index in [0.29, 0.717) is 17.3 Å². The van der Waals surface area contributed by atoms with Crippen LogP contribution in [0.1, 0.15) is 53.9 Å². The van der Waals surface area contributed by atoms with E-state index in [4.69, 9.17) is 24.9 Å². The van der Waals surface area contributed by atoms with E-state index in [1.165, 1.54) is 6.42 Å². The second-order valence-electron chi connectivity index (χ2n) is 8.93. The van der Waals surface area contributed by atoms with Gasteiger partial charge in [-0.15, -0.1) is 0 Å². The standard InChI is InChI=1S/C15H28BNO2.C2HF3O2/c1-9(2)6-13(17)16-18-12-8-10-7-11(14(10,3)4)15(12,5)19-16;3-2(4,5)1(6)7/h9-13H,6-8,17H2,1-5H3;(H,6,7)/t10-,11+,12+,13-,15-;/m0./s1. The van der Waals surface area contributed by atoms with Gasteiger partial charge in [0, 0.05) is 5.94 Å². The predicted molar refractivity (Wildman–Crippen MR) is 91.2 cm³/mol. The van der Waals surface area contributed by atoms with E-state index in [1.807, 2.05) is 0 Å². The fourth-order valence-corrected chi connectivity index (χ4v) is 4.74. The van der Waals surface area contributed by atoms with E-state index in [1.54, 1.807) is 0 Å². The van der Waals surface area contributed by atoms with Crippen LogP contribution in [0.4, 0.5) is 13.2 Å². The number of hydrogen-bond acceptors (Lipinski definition) is 4. The van der Waals surface area contributed by atoms with Crippen molar-refractivity contribution in [2.75, 3.05) is 0 Å². The molecule has 1 heterocycles. The molecule has 0 radical (unpaired) electrons. The molecule has 3 saturated carbocycles. The van der Waals surface area contributed by atoms with E-state index < -0.39 is 12.1 Å². The summed E-state index contributed by atoms with van der Waals surface area (Å²) in [7, 11) is -0.201. The Hall–Kier alpha value is -0.795. The molecule has 150 valence electrons. The molecule has 5 atom stereocenters. The summed E-state index contributed by atoms with van der Waals surface area (Å²) in [5, 5.41) is 7.12. The van der Waals surface area contributed by atoms with Crippen molar-refractivity contribution in [2.45, 2.75) is 77.7 Å². The highest BCUT2D eigenvalue weighted by molar-refractivity contribution is 6.47. The minimum absolute atomic E-state index is 0.00253. The second-order valence-corrected chi connectivity index (χ2v) is 8.93. The number of rotatable bonds is 3. The average molecular weight is 379 g/mol. The van der Waals surface area contributed by atoms with Crippen LogP contribution >= 0.6 is 0 Å². The number of hydrogen-bond donors (Lipinski definition) is 2. The molecule has 26 heavy (non-hydrogen) atoms. The Labute approximate surface area is 152 Å². The van der Waals surface area contributed by atoms with Crippen LogP contribution in [0, 0.1) is 23.2 Å². The maximum absolute atomic E-state index is 10.6. The van der Waals surface area contributed by atoms with Crippen LogP contribution in [-0.4, -0.2) is 42.0 Å². The Balaban J connectivity index is 0.000000298. The zero-order valence-electron chi connectivity index (χ0n) is 16.0. The molecule has 0 aromatic heterocycles. The van der Waals surface area contributed by atoms with Crippen LogP contribution in [0.2, 0.25) is 0 Å². The quantitative estimate of drug-likeness (QED) is 0.736. The smallest absolute Gasteiger partial charge is 0.475 e. The van der Waals surface area contributed by atoms with E-state index in [0.717, 1.165) is 18.8 Å². The molecule has 5 nitrogen and oxygen atoms in total. The van der Waals surface area contributed by atoms with Crippen LogP contribution in [0.5, 0.6) is 0 Å². The molecule has 0 amide bonds. The Morgan fingerprint density at radius 3 is 2.27 bits per heavy atom. The number of aliphatic carboxylic acids is 1. The number of carboxylic acid groups (broad SMARTS) is 1. The molecule has 1 saturated heterocycles. The zero-order valence-corrected chi connectivity index (χ0v) is 16.0. The largest absolute Gasteiger partial charge is 0.490 e. The van der Waals surface area contributed by atoms with E-state index in [-0.39, 0.29) is 24.8 Å². The Morgan fingerprint density at radius 2 is 1.85 bits per heavy atom. The summed E-state index contributed by atoms with van der Waals surface area (Å²) in [5.41, 5.74) is 6.56. The summed E-state index contributed by atoms with van der Waals surface area (Å²) in [4.78, 5) is 8.90. The predicted octanol–water partition coefficient (Wildman–Crippen LogP) is 3.26. The number of halogens is 3. The number of carbonyl (C=O) groups is 1. The summed E-state index contributed by atoms with van der Waals surface area (Å²) in [6.07, 6.45) is -1.42. The van der Waals surface area contributed by atoms with Crippen molar-refractivity contribution in [3.05, 3.63) is 0 Å². The van der Waals surface area contributed by atoms with Gasteiger partial charge in [0.15, 0.2) is 0 Å². The Morgan fingerprint density at radius 1 is 1.31 bits per heavy atom. The van der Waals surface area contributed by atoms with Gasteiger partial charge >= 0.3 is 19.3 Å². The minimum atomic E-state index is -5.08. The third-order valence-electron chi connectivity index (χ3n) is 6.30. The number of alkyl halides is 3. The molecule has 0 aromatic rings. The maximum Gasteiger partial charge on any atom is 0.490 e. The average Bonchev–Trinajstić information content (AvgIpc) is 2.83. The molecule has 0 aromatic carbocycles. The summed E-state index contributed by atoms with van der Waals surface area (Å²) in [6.45, 7) is 11.4. The van der Waals surface area contributed by atoms with Crippen molar-refractivity contribution < 1.29 is 32.4 Å². The zero-order chi connectivity index (χ0) is 20.1. The highest BCUT2D eigenvalue weighted by atomic mass is 19.4. The van der Waals surface area contributed by atoms with Gasteiger partial charge in [-0.1, -0.05) is 27.7 Å². The minimum Gasteiger partial charge on any atom is -0.475 e. The van der Waals surface area contributed by atoms with Crippen molar-refractivity contribution in [1.29, 1.82) is 0 Å². The molecule has 3 aliphatic carbocycles. The van der Waals surface area contributed by atoms with E-state index in [2.05, 4.69) is 34.6 Å². The van der Waals surface area contributed by atoms with Crippen molar-refractivity contribution >= 4 is 13.1 Å². The van der Waals surface area contributed by atoms with Gasteiger partial charge in [0.1, 0.15) is 0 Å². The first-order chi connectivity index (χ1) is 11.7. The molecule has 2 bridgehead atoms. The van der Waals surface area contributed by atoms with Gasteiger partial charge in [0.25, 0.3) is 0 Å². The maximum atomic E-state index is 10.6. The van der Waals surface area contributed by atoms with E-state index >= 15 is 0 Å². The van der Waals surface area contributed by atoms with Crippen molar-refractivity contribution in [1.82, 2.24) is 0 Å². The molecule has 0 spiro atoms. The lowest BCUT2D eigenvalue weighted by molar-refractivity contribution is -0.199. The fourth-order valence-electron chi connectivity index (χ4n) is 4.74. The van der Waals surface area contributed by atoms with Crippen LogP contribution in [0.15, 0.2) is 0 Å². The molecule has 3 N–H and O–H groups in total. The van der Waals surface area contributed by atoms with Gasteiger partial charge in [-0.3, -0.25) is 0 Å². The van der Waals surface area contributed by atoms with Gasteiger partial charge in [0.05, 0.1) is 11.7 Å². The lowest BCUT2D eigenvalue weighted by atomic mass is 9.43. The first-order valence-electron chi connectivity index (χ1n) is 9.08. The first-order valence-corrected chi connectivity index (χ1v) is 9.08. The molecule has 9 heteroatoms. The van der Waals surface area contributed by atoms with Gasteiger partial charge in [-0.2, -0.15) is 13.2 Å². The van der Waals surface area contributed by atoms with Gasteiger partial charge in [-0.05, 0) is 49.4 Å². The molecule has 4 fully saturated rings. The Bertz CT molecular complexity index is 543. The van der Waals surface area contributed by atoms with E-state index in [9.17, 15) is 13.2 Å². The SMILES string of the molecule is CC(C)C[C@H](N)B1O[C@@H]2C[C@@H]3C[C@H](C3(C)C)[C@]2(C)O1.O=C(O)C(F)(F)F. The van der Waals surface area contributed by atoms with Crippen LogP contribution in [-0.2, 0) is 14.1 Å². The molecular formula is C17H29BF3NO4. The topological polar surface area (TPSA) is 81.8 Å². The van der Waals surface area contributed by atoms with Crippen molar-refractivity contribution in [3.8, 4) is 0 Å². The monoisotopic (exact) mass is 379 g/mol. The molecule has 0 unspecified atom stereocenters. The van der Waals surface area contributed by atoms with Crippen molar-refractivity contribution in [3.63, 3.8) is 0 Å². The second kappa shape index (κ2) is 6.98. The lowest BCUT2D eigenvalue weighted by Crippen LogP contribution is -2.65. The van der Waals surface area contributed by atoms with Crippen molar-refractivity contribution in [2.24, 2.45) is 28.9 Å². The first kappa shape index (κ1) is 21.5. The highest BCUT2D eigenvalue weighted by Gasteiger charge is 2.68. The number of nitrogens with two attached hydrogens (primary N) is 1. The molecular weight excluding hydrogens is 350 g/mol. The normalized spacial score (nSPS) is 35.9. The summed E-state index contributed by atoms with van der Waals surface area (Å²) in [6, 6.07) is 0. The van der Waals surface area contributed by atoms with Crippen LogP contribution < -0.4 is 5.73 Å². The van der Waals surface area contributed by atoms with Gasteiger partial charge in [0.2, 0.25) is 0 Å². The highest BCUT2D eigenvalue weighted by Crippen LogP contribution is 2.65. The summed E-state index contributed by atoms with van der Waals surface area (Å²) < 4.78 is 44.3. The van der Waals surface area contributed by atoms with Gasteiger partial charge in [-0.25, -0.2) is 4.79 Å². The lowest BCUT2D eigenvalue weighted by Gasteiger charge is -2.64. The van der Waals surface area contributed by atoms with Gasteiger partial charge < -0.3 is 20.1 Å². The third kappa shape index (κ3) is 3.89. The molecule has 1 aliphatic heterocycles. The summed E-state index contributed by atoms with van der Waals surface area (Å²) >= 11 is 0. The third-order valence-corrected chi connectivity index (χ3v) is 6.30.